The minimum absolute atomic E-state index is 0.765. The maximum absolute atomic E-state index is 10.9. The molecule has 0 aliphatic carbocycles. The molecule has 8 nitrogen and oxygen atoms in total. The highest BCUT2D eigenvalue weighted by molar-refractivity contribution is 7.30. The van der Waals surface area contributed by atoms with Crippen LogP contribution in [0.25, 0.3) is 0 Å². The molecule has 0 aromatic heterocycles. The number of carbonyl (C=O) groups is 1. The number of hydrogen-bond acceptors (Lipinski definition) is 8. The maximum Gasteiger partial charge on any atom is 0.539 e. The molecule has 1 heterocycles. The Morgan fingerprint density at radius 2 is 2.27 bits per heavy atom. The van der Waals surface area contributed by atoms with Crippen molar-refractivity contribution >= 4 is 14.2 Å². The first-order chi connectivity index (χ1) is 6.97. The van der Waals surface area contributed by atoms with Gasteiger partial charge in [0.2, 0.25) is 0 Å². The third-order valence-corrected chi connectivity index (χ3v) is 1.96. The van der Waals surface area contributed by atoms with Crippen LogP contribution in [0.15, 0.2) is 11.5 Å². The van der Waals surface area contributed by atoms with E-state index in [1.54, 1.807) is 0 Å². The van der Waals surface area contributed by atoms with Crippen LogP contribution in [-0.4, -0.2) is 40.1 Å². The zero-order valence-electron chi connectivity index (χ0n) is 7.19. The number of cyclic esters (lactones) is 1. The third kappa shape index (κ3) is 2.42. The van der Waals surface area contributed by atoms with Crippen molar-refractivity contribution in [3.05, 3.63) is 11.5 Å². The number of ether oxygens (including phenoxy) is 1. The molecule has 9 heteroatoms. The summed E-state index contributed by atoms with van der Waals surface area (Å²) in [5.41, 5.74) is 0. The van der Waals surface area contributed by atoms with Crippen molar-refractivity contribution in [2.75, 3.05) is 6.61 Å². The van der Waals surface area contributed by atoms with Gasteiger partial charge in [0.25, 0.3) is 0 Å². The lowest BCUT2D eigenvalue weighted by molar-refractivity contribution is -0.184. The van der Waals surface area contributed by atoms with Crippen LogP contribution in [0, 0.1) is 0 Å². The van der Waals surface area contributed by atoms with Crippen LogP contribution in [0.5, 0.6) is 0 Å². The van der Waals surface area contributed by atoms with E-state index in [4.69, 9.17) is 10.2 Å². The van der Waals surface area contributed by atoms with Crippen molar-refractivity contribution in [3.63, 3.8) is 0 Å². The molecule has 1 rings (SSSR count). The van der Waals surface area contributed by atoms with Gasteiger partial charge in [-0.25, -0.2) is 9.32 Å². The Morgan fingerprint density at radius 3 is 2.73 bits per heavy atom. The fraction of sp³-hybridized carbons (Fsp3) is 0.500. The summed E-state index contributed by atoms with van der Waals surface area (Å²) < 4.78 is 18.5. The summed E-state index contributed by atoms with van der Waals surface area (Å²) in [5.74, 6) is -2.98. The van der Waals surface area contributed by atoms with Crippen molar-refractivity contribution in [1.82, 2.24) is 0 Å². The first kappa shape index (κ1) is 11.9. The average molecular weight is 238 g/mol. The molecule has 1 aliphatic heterocycles. The molecule has 0 saturated heterocycles. The van der Waals surface area contributed by atoms with E-state index in [0.717, 1.165) is 0 Å². The second-order valence-corrected chi connectivity index (χ2v) is 3.23. The Labute approximate surface area is 84.3 Å². The van der Waals surface area contributed by atoms with E-state index in [-0.39, 0.29) is 0 Å². The zero-order chi connectivity index (χ0) is 11.6. The number of rotatable bonds is 4. The molecule has 3 N–H and O–H groups in total. The molecule has 0 bridgehead atoms. The van der Waals surface area contributed by atoms with Gasteiger partial charge in [0.1, 0.15) is 6.10 Å². The fourth-order valence-electron chi connectivity index (χ4n) is 0.974. The summed E-state index contributed by atoms with van der Waals surface area (Å²) in [6.07, 6.45) is -3.05. The Morgan fingerprint density at radius 1 is 1.67 bits per heavy atom. The highest BCUT2D eigenvalue weighted by Gasteiger charge is 2.43. The van der Waals surface area contributed by atoms with Crippen LogP contribution < -0.4 is 4.89 Å². The topological polar surface area (TPSA) is 136 Å². The molecule has 84 valence electrons. The molecule has 0 aromatic carbocycles. The minimum atomic E-state index is -3.37. The number of aliphatic hydroxyl groups is 3. The zero-order valence-corrected chi connectivity index (χ0v) is 8.09. The standard InChI is InChI=1S/C6H7O8P/c7-1-2(8)4-3(9)5(6(10)13-4)14-15(11)12/h2,4,7-9H,1H2/t2-,4+/m0/s1. The van der Waals surface area contributed by atoms with Gasteiger partial charge in [0.05, 0.1) is 6.61 Å². The molecule has 0 aromatic rings. The normalized spacial score (nSPS) is 23.8. The fourth-order valence-corrected chi connectivity index (χ4v) is 1.29. The van der Waals surface area contributed by atoms with Crippen LogP contribution in [0.3, 0.4) is 0 Å². The summed E-state index contributed by atoms with van der Waals surface area (Å²) >= 11 is 0. The number of esters is 1. The largest absolute Gasteiger partial charge is 0.558 e. The molecule has 1 aliphatic rings. The first-order valence-corrected chi connectivity index (χ1v) is 4.82. The lowest BCUT2D eigenvalue weighted by Crippen LogP contribution is -2.31. The van der Waals surface area contributed by atoms with Crippen molar-refractivity contribution in [2.24, 2.45) is 0 Å². The summed E-state index contributed by atoms with van der Waals surface area (Å²) in [5, 5.41) is 26.8. The van der Waals surface area contributed by atoms with Crippen molar-refractivity contribution < 1.29 is 38.8 Å². The van der Waals surface area contributed by atoms with E-state index in [2.05, 4.69) is 9.26 Å². The van der Waals surface area contributed by atoms with Gasteiger partial charge in [0.15, 0.2) is 11.9 Å². The highest BCUT2D eigenvalue weighted by atomic mass is 31.1. The van der Waals surface area contributed by atoms with Crippen molar-refractivity contribution in [1.29, 1.82) is 0 Å². The van der Waals surface area contributed by atoms with Crippen molar-refractivity contribution in [2.45, 2.75) is 12.2 Å². The van der Waals surface area contributed by atoms with Crippen LogP contribution >= 0.6 is 8.25 Å². The lowest BCUT2D eigenvalue weighted by atomic mass is 10.2. The molecular formula is C6H7O8P. The van der Waals surface area contributed by atoms with Gasteiger partial charge in [-0.1, -0.05) is 0 Å². The van der Waals surface area contributed by atoms with Crippen LogP contribution in [0.1, 0.15) is 0 Å². The summed E-state index contributed by atoms with van der Waals surface area (Å²) in [4.78, 5) is 21.1. The quantitative estimate of drug-likeness (QED) is 0.380. The monoisotopic (exact) mass is 238 g/mol. The molecule has 0 radical (unpaired) electrons. The molecular weight excluding hydrogens is 231 g/mol. The number of carbonyl (C=O) groups excluding carboxylic acids is 1. The van der Waals surface area contributed by atoms with Gasteiger partial charge in [-0.2, -0.15) is 0 Å². The smallest absolute Gasteiger partial charge is 0.539 e. The molecule has 0 spiro atoms. The molecule has 3 atom stereocenters. The summed E-state index contributed by atoms with van der Waals surface area (Å²) in [6, 6.07) is 0. The maximum atomic E-state index is 10.9. The van der Waals surface area contributed by atoms with Gasteiger partial charge in [-0.05, 0) is 4.57 Å². The average Bonchev–Trinajstić information content (AvgIpc) is 2.44. The van der Waals surface area contributed by atoms with Crippen LogP contribution in [-0.2, 0) is 18.6 Å². The Kier molecular flexibility index (Phi) is 3.59. The second kappa shape index (κ2) is 4.54. The minimum Gasteiger partial charge on any atom is -0.558 e. The Balaban J connectivity index is 2.88. The number of aliphatic hydroxyl groups excluding tert-OH is 3. The van der Waals surface area contributed by atoms with Crippen LogP contribution in [0.4, 0.5) is 0 Å². The molecule has 1 unspecified atom stereocenters. The van der Waals surface area contributed by atoms with E-state index in [1.165, 1.54) is 0 Å². The Bertz CT molecular complexity index is 323. The van der Waals surface area contributed by atoms with E-state index in [1.807, 2.05) is 0 Å². The van der Waals surface area contributed by atoms with E-state index < -0.39 is 44.6 Å². The molecule has 0 amide bonds. The van der Waals surface area contributed by atoms with E-state index >= 15 is 0 Å². The summed E-state index contributed by atoms with van der Waals surface area (Å²) in [7, 11) is -3.37. The van der Waals surface area contributed by atoms with Gasteiger partial charge in [0, 0.05) is 0 Å². The molecule has 0 fully saturated rings. The second-order valence-electron chi connectivity index (χ2n) is 2.61. The molecule has 15 heavy (non-hydrogen) atoms. The third-order valence-electron chi connectivity index (χ3n) is 1.62. The number of hydrogen-bond donors (Lipinski definition) is 3. The first-order valence-electron chi connectivity index (χ1n) is 3.72. The van der Waals surface area contributed by atoms with E-state index in [0.29, 0.717) is 0 Å². The molecule has 0 saturated carbocycles. The predicted octanol–water partition coefficient (Wildman–Crippen LogP) is -1.93. The summed E-state index contributed by atoms with van der Waals surface area (Å²) in [6.45, 7) is -0.765. The Hall–Kier alpha value is -1.21. The van der Waals surface area contributed by atoms with Crippen molar-refractivity contribution in [3.8, 4) is 0 Å². The highest BCUT2D eigenvalue weighted by Crippen LogP contribution is 2.29. The van der Waals surface area contributed by atoms with Gasteiger partial charge in [-0.15, -0.1) is 0 Å². The predicted molar refractivity (Wildman–Crippen MR) is 41.3 cm³/mol. The van der Waals surface area contributed by atoms with Gasteiger partial charge < -0.3 is 24.9 Å². The van der Waals surface area contributed by atoms with Gasteiger partial charge >= 0.3 is 20.0 Å². The van der Waals surface area contributed by atoms with Gasteiger partial charge in [-0.3, -0.25) is 0 Å². The van der Waals surface area contributed by atoms with E-state index in [9.17, 15) is 19.4 Å². The SMILES string of the molecule is O=C1O[C@H]([C@@H](O)CO)C(O)=C1O[P+](=O)[O-]. The van der Waals surface area contributed by atoms with Crippen LogP contribution in [0.2, 0.25) is 0 Å². The lowest BCUT2D eigenvalue weighted by Gasteiger charge is -2.13.